The number of halogens is 1. The van der Waals surface area contributed by atoms with Gasteiger partial charge in [-0.2, -0.15) is 0 Å². The van der Waals surface area contributed by atoms with Crippen molar-refractivity contribution in [3.63, 3.8) is 0 Å². The van der Waals surface area contributed by atoms with Crippen LogP contribution in [0.25, 0.3) is 21.8 Å². The SMILES string of the molecule is Cc1cc2nccc(Oc3ccc4c(ccn4C(=O)NCCF)c3)c2cc1C(=O)NOCC(C)C. The lowest BCUT2D eigenvalue weighted by atomic mass is 10.0. The number of carbonyl (C=O) groups is 2. The minimum Gasteiger partial charge on any atom is -0.457 e. The summed E-state index contributed by atoms with van der Waals surface area (Å²) < 4.78 is 20.0. The van der Waals surface area contributed by atoms with Gasteiger partial charge < -0.3 is 10.1 Å². The van der Waals surface area contributed by atoms with Crippen LogP contribution in [-0.4, -0.2) is 41.3 Å². The lowest BCUT2D eigenvalue weighted by Crippen LogP contribution is -2.29. The van der Waals surface area contributed by atoms with E-state index in [1.807, 2.05) is 32.9 Å². The summed E-state index contributed by atoms with van der Waals surface area (Å²) in [5.41, 5.74) is 5.08. The second kappa shape index (κ2) is 10.5. The normalized spacial score (nSPS) is 11.2. The second-order valence-electron chi connectivity index (χ2n) is 8.56. The van der Waals surface area contributed by atoms with Crippen LogP contribution < -0.4 is 15.5 Å². The number of fused-ring (bicyclic) bond motifs is 2. The summed E-state index contributed by atoms with van der Waals surface area (Å²) in [6, 6.07) is 12.0. The van der Waals surface area contributed by atoms with Crippen LogP contribution in [0.2, 0.25) is 0 Å². The first-order chi connectivity index (χ1) is 16.9. The fourth-order valence-corrected chi connectivity index (χ4v) is 3.66. The molecule has 2 amide bonds. The van der Waals surface area contributed by atoms with Gasteiger partial charge in [0.2, 0.25) is 0 Å². The topological polar surface area (TPSA) is 94.5 Å². The van der Waals surface area contributed by atoms with Crippen molar-refractivity contribution < 1.29 is 23.6 Å². The van der Waals surface area contributed by atoms with Gasteiger partial charge in [0, 0.05) is 35.3 Å². The van der Waals surface area contributed by atoms with E-state index in [9.17, 15) is 14.0 Å². The Hall–Kier alpha value is -3.98. The molecule has 0 radical (unpaired) electrons. The van der Waals surface area contributed by atoms with Crippen LogP contribution in [0.5, 0.6) is 11.5 Å². The van der Waals surface area contributed by atoms with Crippen molar-refractivity contribution in [2.24, 2.45) is 5.92 Å². The number of carbonyl (C=O) groups excluding carboxylic acids is 2. The third-order valence-corrected chi connectivity index (χ3v) is 5.35. The molecule has 8 nitrogen and oxygen atoms in total. The quantitative estimate of drug-likeness (QED) is 0.342. The average molecular weight is 479 g/mol. The van der Waals surface area contributed by atoms with E-state index in [-0.39, 0.29) is 18.4 Å². The van der Waals surface area contributed by atoms with E-state index in [1.54, 1.807) is 42.7 Å². The molecule has 0 unspecified atom stereocenters. The van der Waals surface area contributed by atoms with E-state index in [2.05, 4.69) is 15.8 Å². The number of nitrogens with zero attached hydrogens (tertiary/aromatic N) is 2. The Labute approximate surface area is 202 Å². The molecule has 182 valence electrons. The number of hydrogen-bond donors (Lipinski definition) is 2. The summed E-state index contributed by atoms with van der Waals surface area (Å²) in [6.45, 7) is 5.58. The molecule has 0 bridgehead atoms. The average Bonchev–Trinajstić information content (AvgIpc) is 3.25. The zero-order chi connectivity index (χ0) is 24.9. The predicted octanol–water partition coefficient (Wildman–Crippen LogP) is 5.13. The second-order valence-corrected chi connectivity index (χ2v) is 8.56. The Bertz CT molecular complexity index is 1380. The molecule has 0 spiro atoms. The van der Waals surface area contributed by atoms with Crippen LogP contribution in [-0.2, 0) is 4.84 Å². The van der Waals surface area contributed by atoms with Crippen LogP contribution in [0.3, 0.4) is 0 Å². The third-order valence-electron chi connectivity index (χ3n) is 5.35. The van der Waals surface area contributed by atoms with Crippen molar-refractivity contribution >= 4 is 33.7 Å². The maximum Gasteiger partial charge on any atom is 0.326 e. The van der Waals surface area contributed by atoms with Crippen molar-refractivity contribution in [2.45, 2.75) is 20.8 Å². The first-order valence-electron chi connectivity index (χ1n) is 11.3. The van der Waals surface area contributed by atoms with Crippen LogP contribution >= 0.6 is 0 Å². The molecular weight excluding hydrogens is 451 g/mol. The molecule has 4 rings (SSSR count). The third kappa shape index (κ3) is 5.41. The van der Waals surface area contributed by atoms with Crippen molar-refractivity contribution in [3.8, 4) is 11.5 Å². The van der Waals surface area contributed by atoms with Gasteiger partial charge in [0.05, 0.1) is 17.6 Å². The maximum atomic E-state index is 12.7. The molecule has 0 saturated carbocycles. The Balaban J connectivity index is 1.61. The predicted molar refractivity (Wildman–Crippen MR) is 132 cm³/mol. The molecule has 0 fully saturated rings. The van der Waals surface area contributed by atoms with Crippen molar-refractivity contribution in [3.05, 3.63) is 66.0 Å². The molecule has 0 saturated heterocycles. The number of aromatic nitrogens is 2. The van der Waals surface area contributed by atoms with E-state index in [4.69, 9.17) is 9.57 Å². The zero-order valence-corrected chi connectivity index (χ0v) is 19.8. The van der Waals surface area contributed by atoms with Crippen LogP contribution in [0, 0.1) is 12.8 Å². The van der Waals surface area contributed by atoms with Crippen molar-refractivity contribution in [1.82, 2.24) is 20.3 Å². The molecular formula is C26H27FN4O4. The van der Waals surface area contributed by atoms with E-state index in [0.29, 0.717) is 40.1 Å². The van der Waals surface area contributed by atoms with Gasteiger partial charge in [-0.05, 0) is 60.9 Å². The van der Waals surface area contributed by atoms with Gasteiger partial charge in [0.25, 0.3) is 5.91 Å². The lowest BCUT2D eigenvalue weighted by Gasteiger charge is -2.13. The number of alkyl halides is 1. The molecule has 9 heteroatoms. The summed E-state index contributed by atoms with van der Waals surface area (Å²) in [4.78, 5) is 34.6. The molecule has 0 atom stereocenters. The lowest BCUT2D eigenvalue weighted by molar-refractivity contribution is 0.0208. The molecule has 2 heterocycles. The number of benzene rings is 2. The number of pyridine rings is 1. The van der Waals surface area contributed by atoms with E-state index in [1.165, 1.54) is 4.57 Å². The van der Waals surface area contributed by atoms with E-state index < -0.39 is 12.7 Å². The van der Waals surface area contributed by atoms with Gasteiger partial charge in [-0.15, -0.1) is 0 Å². The molecule has 35 heavy (non-hydrogen) atoms. The minimum atomic E-state index is -0.628. The molecule has 0 aliphatic heterocycles. The molecule has 2 N–H and O–H groups in total. The molecule has 4 aromatic rings. The largest absolute Gasteiger partial charge is 0.457 e. The summed E-state index contributed by atoms with van der Waals surface area (Å²) in [5.74, 6) is 1.04. The van der Waals surface area contributed by atoms with Gasteiger partial charge in [0.15, 0.2) is 0 Å². The Morgan fingerprint density at radius 2 is 1.97 bits per heavy atom. The number of hydroxylamine groups is 1. The molecule has 0 aliphatic rings. The van der Waals surface area contributed by atoms with Gasteiger partial charge in [-0.1, -0.05) is 13.8 Å². The van der Waals surface area contributed by atoms with Gasteiger partial charge in [0.1, 0.15) is 18.2 Å². The van der Waals surface area contributed by atoms with Crippen LogP contribution in [0.1, 0.15) is 29.8 Å². The molecule has 2 aromatic carbocycles. The van der Waals surface area contributed by atoms with Gasteiger partial charge in [-0.3, -0.25) is 19.2 Å². The smallest absolute Gasteiger partial charge is 0.326 e. The highest BCUT2D eigenvalue weighted by molar-refractivity contribution is 6.00. The Kier molecular flexibility index (Phi) is 7.26. The maximum absolute atomic E-state index is 12.7. The Morgan fingerprint density at radius 3 is 2.74 bits per heavy atom. The number of rotatable bonds is 8. The highest BCUT2D eigenvalue weighted by Crippen LogP contribution is 2.32. The number of aryl methyl sites for hydroxylation is 1. The van der Waals surface area contributed by atoms with Gasteiger partial charge in [-0.25, -0.2) is 14.7 Å². The first kappa shape index (κ1) is 24.2. The summed E-state index contributed by atoms with van der Waals surface area (Å²) in [5, 5.41) is 3.97. The number of amides is 2. The molecule has 2 aromatic heterocycles. The van der Waals surface area contributed by atoms with Crippen molar-refractivity contribution in [2.75, 3.05) is 19.8 Å². The van der Waals surface area contributed by atoms with Crippen LogP contribution in [0.15, 0.2) is 54.9 Å². The Morgan fingerprint density at radius 1 is 1.14 bits per heavy atom. The van der Waals surface area contributed by atoms with E-state index >= 15 is 0 Å². The standard InChI is InChI=1S/C26H27FN4O4/c1-16(2)15-34-30-25(32)20-14-21-22(12-17(20)3)28-9-6-24(21)35-19-4-5-23-18(13-19)7-11-31(23)26(33)29-10-8-27/h4-7,9,11-14,16H,8,10,15H2,1-3H3,(H,29,33)(H,30,32). The van der Waals surface area contributed by atoms with Gasteiger partial charge >= 0.3 is 6.03 Å². The monoisotopic (exact) mass is 478 g/mol. The summed E-state index contributed by atoms with van der Waals surface area (Å²) in [6.07, 6.45) is 3.27. The highest BCUT2D eigenvalue weighted by Gasteiger charge is 2.15. The number of ether oxygens (including phenoxy) is 1. The fraction of sp³-hybridized carbons (Fsp3) is 0.269. The van der Waals surface area contributed by atoms with Crippen LogP contribution in [0.4, 0.5) is 9.18 Å². The minimum absolute atomic E-state index is 0.0435. The summed E-state index contributed by atoms with van der Waals surface area (Å²) in [7, 11) is 0. The molecule has 0 aliphatic carbocycles. The number of hydrogen-bond acceptors (Lipinski definition) is 5. The highest BCUT2D eigenvalue weighted by atomic mass is 19.1. The summed E-state index contributed by atoms with van der Waals surface area (Å²) >= 11 is 0. The van der Waals surface area contributed by atoms with E-state index in [0.717, 1.165) is 10.9 Å². The zero-order valence-electron chi connectivity index (χ0n) is 19.8. The number of nitrogens with one attached hydrogen (secondary N) is 2. The van der Waals surface area contributed by atoms with Crippen molar-refractivity contribution in [1.29, 1.82) is 0 Å². The fourth-order valence-electron chi connectivity index (χ4n) is 3.66. The first-order valence-corrected chi connectivity index (χ1v) is 11.3.